The number of aromatic nitrogens is 4. The molecule has 0 saturated carbocycles. The van der Waals surface area contributed by atoms with Crippen molar-refractivity contribution in [3.05, 3.63) is 123 Å². The molecule has 5 heterocycles. The number of esters is 1. The first kappa shape index (κ1) is 47.9. The topological polar surface area (TPSA) is 190 Å². The number of hydrogen-bond donors (Lipinski definition) is 3. The first-order chi connectivity index (χ1) is 32.4. The number of β-amino-alcohol motifs (C(OH)–C–C–N with tert-alkyl or cyclic N) is 1. The number of methoxy groups -OCH3 is 1. The van der Waals surface area contributed by atoms with Crippen molar-refractivity contribution in [2.45, 2.75) is 98.5 Å². The zero-order valence-electron chi connectivity index (χ0n) is 39.6. The van der Waals surface area contributed by atoms with Crippen molar-refractivity contribution in [2.75, 3.05) is 20.3 Å². The van der Waals surface area contributed by atoms with E-state index in [1.165, 1.54) is 12.0 Å². The van der Waals surface area contributed by atoms with E-state index in [0.717, 1.165) is 65.1 Å². The number of benzene rings is 3. The highest BCUT2D eigenvalue weighted by atomic mass is 32.1. The third-order valence-electron chi connectivity index (χ3n) is 12.6. The van der Waals surface area contributed by atoms with Crippen LogP contribution in [0.2, 0.25) is 0 Å². The molecule has 5 atom stereocenters. The van der Waals surface area contributed by atoms with E-state index in [4.69, 9.17) is 14.5 Å². The Bertz CT molecular complexity index is 2880. The van der Waals surface area contributed by atoms with Crippen molar-refractivity contribution in [3.8, 4) is 32.3 Å². The number of aliphatic imine (C=N–C) groups is 1. The quantitative estimate of drug-likeness (QED) is 0.0975. The van der Waals surface area contributed by atoms with Crippen LogP contribution in [0.25, 0.3) is 26.6 Å². The van der Waals surface area contributed by atoms with Gasteiger partial charge < -0.3 is 30.1 Å². The first-order valence-electron chi connectivity index (χ1n) is 22.5. The zero-order valence-corrected chi connectivity index (χ0v) is 41.3. The number of fused-ring (bicyclic) bond motifs is 3. The molecule has 0 aliphatic carbocycles. The number of aliphatic hydroxyl groups excluding tert-OH is 1. The smallest absolute Gasteiger partial charge is 0.308 e. The second kappa shape index (κ2) is 19.6. The molecule has 2 aliphatic heterocycles. The number of likely N-dealkylation sites (tertiary alicyclic amines) is 1. The first-order valence-corrected chi connectivity index (χ1v) is 24.2. The predicted octanol–water partition coefficient (Wildman–Crippen LogP) is 7.56. The minimum absolute atomic E-state index is 0.0187. The van der Waals surface area contributed by atoms with E-state index < -0.39 is 47.4 Å². The maximum absolute atomic E-state index is 14.2. The largest absolute Gasteiger partial charge is 0.484 e. The number of ether oxygens (including phenoxy) is 2. The van der Waals surface area contributed by atoms with Crippen LogP contribution in [-0.4, -0.2) is 97.6 Å². The lowest BCUT2D eigenvalue weighted by molar-refractivity contribution is -0.144. The van der Waals surface area contributed by atoms with E-state index >= 15 is 0 Å². The summed E-state index contributed by atoms with van der Waals surface area (Å²) in [6.07, 6.45) is -0.797. The van der Waals surface area contributed by atoms with Crippen molar-refractivity contribution in [1.82, 2.24) is 35.3 Å². The molecule has 15 nitrogen and oxygen atoms in total. The molecule has 6 aromatic rings. The number of hydrogen-bond acceptors (Lipinski definition) is 13. The summed E-state index contributed by atoms with van der Waals surface area (Å²) in [5, 5.41) is 26.3. The Hall–Kier alpha value is -6.56. The van der Waals surface area contributed by atoms with Crippen LogP contribution in [0.1, 0.15) is 97.1 Å². The average molecular weight is 957 g/mol. The molecule has 3 N–H and O–H groups in total. The van der Waals surface area contributed by atoms with Gasteiger partial charge in [-0.2, -0.15) is 0 Å². The van der Waals surface area contributed by atoms with Gasteiger partial charge in [0.15, 0.2) is 12.4 Å². The fraction of sp³-hybridized carbons (Fsp3) is 0.373. The lowest BCUT2D eigenvalue weighted by Crippen LogP contribution is -2.58. The fourth-order valence-electron chi connectivity index (χ4n) is 8.70. The molecule has 2 unspecified atom stereocenters. The van der Waals surface area contributed by atoms with Gasteiger partial charge in [-0.15, -0.1) is 32.9 Å². The van der Waals surface area contributed by atoms with Gasteiger partial charge in [0.2, 0.25) is 11.8 Å². The number of nitrogens with one attached hydrogen (secondary N) is 2. The average Bonchev–Trinajstić information content (AvgIpc) is 4.09. The van der Waals surface area contributed by atoms with Crippen molar-refractivity contribution in [2.24, 2.45) is 10.4 Å². The molecule has 1 saturated heterocycles. The van der Waals surface area contributed by atoms with Gasteiger partial charge in [-0.05, 0) is 80.0 Å². The number of aryl methyl sites for hydroxylation is 3. The highest BCUT2D eigenvalue weighted by molar-refractivity contribution is 7.15. The summed E-state index contributed by atoms with van der Waals surface area (Å²) >= 11 is 3.22. The second-order valence-corrected chi connectivity index (χ2v) is 20.5. The molecular weight excluding hydrogens is 901 g/mol. The predicted molar refractivity (Wildman–Crippen MR) is 262 cm³/mol. The molecule has 0 spiro atoms. The van der Waals surface area contributed by atoms with E-state index in [1.807, 2.05) is 112 Å². The van der Waals surface area contributed by atoms with Crippen molar-refractivity contribution >= 4 is 52.1 Å². The van der Waals surface area contributed by atoms with Gasteiger partial charge in [0.1, 0.15) is 34.7 Å². The van der Waals surface area contributed by atoms with Crippen LogP contribution in [-0.2, 0) is 23.9 Å². The number of nitrogens with zero attached hydrogens (tertiary/aromatic N) is 6. The Morgan fingerprint density at radius 3 is 2.16 bits per heavy atom. The van der Waals surface area contributed by atoms with Gasteiger partial charge in [-0.3, -0.25) is 28.7 Å². The van der Waals surface area contributed by atoms with Gasteiger partial charge in [-0.1, -0.05) is 81.4 Å². The van der Waals surface area contributed by atoms with Gasteiger partial charge in [-0.25, -0.2) is 4.98 Å². The second-order valence-electron chi connectivity index (χ2n) is 18.5. The Balaban J connectivity index is 0.905. The fourth-order valence-corrected chi connectivity index (χ4v) is 10.7. The lowest BCUT2D eigenvalue weighted by atomic mass is 9.85. The van der Waals surface area contributed by atoms with Gasteiger partial charge in [0.25, 0.3) is 5.91 Å². The highest BCUT2D eigenvalue weighted by Gasteiger charge is 2.45. The molecule has 8 rings (SSSR count). The number of amides is 3. The molecule has 1 fully saturated rings. The monoisotopic (exact) mass is 956 g/mol. The van der Waals surface area contributed by atoms with Crippen LogP contribution in [0.5, 0.6) is 5.75 Å². The molecular formula is C51H56N8O7S2. The summed E-state index contributed by atoms with van der Waals surface area (Å²) in [6.45, 7) is 15.0. The Labute approximate surface area is 403 Å². The molecule has 0 bridgehead atoms. The number of thiophene rings is 1. The number of aliphatic hydroxyl groups is 1. The minimum Gasteiger partial charge on any atom is -0.484 e. The van der Waals surface area contributed by atoms with Crippen LogP contribution in [0.3, 0.4) is 0 Å². The van der Waals surface area contributed by atoms with Gasteiger partial charge in [0.05, 0.1) is 47.5 Å². The molecule has 68 heavy (non-hydrogen) atoms. The van der Waals surface area contributed by atoms with E-state index in [0.29, 0.717) is 17.4 Å². The van der Waals surface area contributed by atoms with Crippen LogP contribution in [0.4, 0.5) is 0 Å². The van der Waals surface area contributed by atoms with E-state index in [2.05, 4.69) is 39.7 Å². The number of carbonyl (C=O) groups is 4. The van der Waals surface area contributed by atoms with Crippen LogP contribution < -0.4 is 15.4 Å². The molecule has 17 heteroatoms. The Kier molecular flexibility index (Phi) is 13.8. The summed E-state index contributed by atoms with van der Waals surface area (Å²) in [5.74, 6) is 0.0334. The van der Waals surface area contributed by atoms with Crippen molar-refractivity contribution in [1.29, 1.82) is 0 Å². The van der Waals surface area contributed by atoms with Gasteiger partial charge >= 0.3 is 5.97 Å². The van der Waals surface area contributed by atoms with E-state index in [-0.39, 0.29) is 37.9 Å². The molecule has 2 aliphatic rings. The number of thiazole rings is 1. The lowest BCUT2D eigenvalue weighted by Gasteiger charge is -2.35. The summed E-state index contributed by atoms with van der Waals surface area (Å²) < 4.78 is 12.9. The van der Waals surface area contributed by atoms with Gasteiger partial charge in [0, 0.05) is 29.0 Å². The number of carbonyl (C=O) groups excluding carboxylic acids is 4. The van der Waals surface area contributed by atoms with E-state index in [1.54, 1.807) is 34.8 Å². The molecule has 3 aromatic carbocycles. The maximum atomic E-state index is 14.2. The third kappa shape index (κ3) is 9.87. The van der Waals surface area contributed by atoms with Crippen LogP contribution >= 0.6 is 22.7 Å². The standard InChI is InChI=1S/C51H56N8O7S2/c1-27-30(4)68-50-43(27)44(54-39(23-42(62)65-9)47-57-56-31(5)59(47)50)35-14-12-33(13-15-35)34-18-20-38(21-19-34)66-25-41(61)55-46(51(6,7)8)49(64)58-24-37(60)22-40(58)48(63)53-28(2)32-10-16-36(17-11-32)45-29(3)52-26-67-45/h10-21,26,28,37,39-40,46,60H,22-25H2,1-9H3,(H,53,63)(H,55,61)/t28-,37+,39?,40-,46?/m0/s1. The summed E-state index contributed by atoms with van der Waals surface area (Å²) in [5.41, 5.74) is 9.57. The minimum atomic E-state index is -1.00. The molecule has 0 radical (unpaired) electrons. The summed E-state index contributed by atoms with van der Waals surface area (Å²) in [6, 6.07) is 20.5. The Morgan fingerprint density at radius 1 is 0.882 bits per heavy atom. The van der Waals surface area contributed by atoms with Crippen molar-refractivity contribution < 1.29 is 33.8 Å². The zero-order chi connectivity index (χ0) is 48.6. The SMILES string of the molecule is COC(=O)CC1N=C(c2ccc(-c3ccc(OCC(=O)NC(C(=O)N4C[C@H](O)C[C@H]4C(=O)N[C@@H](C)c4ccc(-c5scnc5C)cc4)C(C)(C)C)cc3)cc2)c2c(sc(C)c2C)-n2c(C)nnc21. The van der Waals surface area contributed by atoms with E-state index in [9.17, 15) is 24.3 Å². The summed E-state index contributed by atoms with van der Waals surface area (Å²) in [7, 11) is 1.36. The molecule has 3 aromatic heterocycles. The third-order valence-corrected chi connectivity index (χ3v) is 14.8. The maximum Gasteiger partial charge on any atom is 0.308 e. The number of rotatable bonds is 13. The molecule has 354 valence electrons. The van der Waals surface area contributed by atoms with Crippen LogP contribution in [0.15, 0.2) is 83.3 Å². The Morgan fingerprint density at radius 2 is 1.53 bits per heavy atom. The summed E-state index contributed by atoms with van der Waals surface area (Å²) in [4.78, 5) is 67.1. The van der Waals surface area contributed by atoms with Crippen molar-refractivity contribution in [3.63, 3.8) is 0 Å². The van der Waals surface area contributed by atoms with Crippen LogP contribution in [0, 0.1) is 33.1 Å². The highest BCUT2D eigenvalue weighted by Crippen LogP contribution is 2.40. The molecule has 3 amide bonds. The normalized spacial score (nSPS) is 17.6.